The average Bonchev–Trinajstić information content (AvgIpc) is 2.75. The van der Waals surface area contributed by atoms with Crippen molar-refractivity contribution in [1.82, 2.24) is 5.32 Å². The predicted octanol–water partition coefficient (Wildman–Crippen LogP) is 6.69. The molecule has 0 spiro atoms. The number of halogens is 3. The summed E-state index contributed by atoms with van der Waals surface area (Å²) in [5.74, 6) is 2.04. The van der Waals surface area contributed by atoms with Gasteiger partial charge >= 0.3 is 0 Å². The summed E-state index contributed by atoms with van der Waals surface area (Å²) >= 11 is 12.5. The lowest BCUT2D eigenvalue weighted by Crippen LogP contribution is -2.13. The summed E-state index contributed by atoms with van der Waals surface area (Å²) in [6.07, 6.45) is 0. The lowest BCUT2D eigenvalue weighted by atomic mass is 10.1. The molecule has 0 saturated heterocycles. The minimum atomic E-state index is 0. The van der Waals surface area contributed by atoms with Crippen LogP contribution in [0.3, 0.4) is 0 Å². The number of rotatable bonds is 10. The SMILES string of the molecule is CCOc1cc(CNCc2ccccc2OC)cc(Cl)c1OCc1ccc(Cl)cc1.Cl. The van der Waals surface area contributed by atoms with Crippen molar-refractivity contribution in [3.8, 4) is 17.2 Å². The number of methoxy groups -OCH3 is 1. The van der Waals surface area contributed by atoms with Crippen molar-refractivity contribution in [2.45, 2.75) is 26.6 Å². The van der Waals surface area contributed by atoms with Gasteiger partial charge < -0.3 is 19.5 Å². The van der Waals surface area contributed by atoms with E-state index in [1.54, 1.807) is 7.11 Å². The predicted molar refractivity (Wildman–Crippen MR) is 129 cm³/mol. The molecule has 0 radical (unpaired) electrons. The van der Waals surface area contributed by atoms with Crippen LogP contribution < -0.4 is 19.5 Å². The van der Waals surface area contributed by atoms with E-state index >= 15 is 0 Å². The van der Waals surface area contributed by atoms with Crippen LogP contribution in [0.1, 0.15) is 23.6 Å². The molecule has 0 heterocycles. The van der Waals surface area contributed by atoms with E-state index in [1.807, 2.05) is 67.6 Å². The zero-order valence-corrected chi connectivity index (χ0v) is 19.8. The molecule has 0 aliphatic rings. The lowest BCUT2D eigenvalue weighted by molar-refractivity contribution is 0.269. The normalized spacial score (nSPS) is 10.3. The summed E-state index contributed by atoms with van der Waals surface area (Å²) in [5, 5.41) is 4.63. The average molecular weight is 483 g/mol. The fourth-order valence-electron chi connectivity index (χ4n) is 3.05. The molecule has 0 aliphatic heterocycles. The molecule has 0 fully saturated rings. The first-order valence-corrected chi connectivity index (χ1v) is 10.5. The molecule has 4 nitrogen and oxygen atoms in total. The van der Waals surface area contributed by atoms with E-state index in [9.17, 15) is 0 Å². The van der Waals surface area contributed by atoms with Crippen molar-refractivity contribution in [2.24, 2.45) is 0 Å². The minimum Gasteiger partial charge on any atom is -0.496 e. The van der Waals surface area contributed by atoms with Gasteiger partial charge in [-0.1, -0.05) is 53.5 Å². The van der Waals surface area contributed by atoms with Gasteiger partial charge in [-0.2, -0.15) is 0 Å². The van der Waals surface area contributed by atoms with E-state index in [-0.39, 0.29) is 12.4 Å². The molecule has 0 saturated carbocycles. The van der Waals surface area contributed by atoms with E-state index in [0.717, 1.165) is 22.4 Å². The molecule has 0 aliphatic carbocycles. The molecular weight excluding hydrogens is 457 g/mol. The van der Waals surface area contributed by atoms with Crippen LogP contribution in [-0.4, -0.2) is 13.7 Å². The van der Waals surface area contributed by atoms with Crippen molar-refractivity contribution in [3.63, 3.8) is 0 Å². The fraction of sp³-hybridized carbons (Fsp3) is 0.250. The first-order chi connectivity index (χ1) is 14.6. The summed E-state index contributed by atoms with van der Waals surface area (Å²) in [6, 6.07) is 19.3. The van der Waals surface area contributed by atoms with Gasteiger partial charge in [0.2, 0.25) is 0 Å². The fourth-order valence-corrected chi connectivity index (χ4v) is 3.47. The van der Waals surface area contributed by atoms with E-state index in [0.29, 0.717) is 47.8 Å². The van der Waals surface area contributed by atoms with Crippen LogP contribution in [0.5, 0.6) is 17.2 Å². The molecule has 0 bridgehead atoms. The number of ether oxygens (including phenoxy) is 3. The maximum absolute atomic E-state index is 6.53. The highest BCUT2D eigenvalue weighted by atomic mass is 35.5. The van der Waals surface area contributed by atoms with E-state index in [1.165, 1.54) is 0 Å². The Balaban J connectivity index is 0.00000341. The largest absolute Gasteiger partial charge is 0.496 e. The molecular formula is C24H26Cl3NO3. The van der Waals surface area contributed by atoms with Gasteiger partial charge in [0.1, 0.15) is 12.4 Å². The molecule has 1 N–H and O–H groups in total. The summed E-state index contributed by atoms with van der Waals surface area (Å²) in [6.45, 7) is 4.15. The number of benzene rings is 3. The van der Waals surface area contributed by atoms with E-state index < -0.39 is 0 Å². The first kappa shape index (κ1) is 25.2. The van der Waals surface area contributed by atoms with Gasteiger partial charge in [0.15, 0.2) is 11.5 Å². The molecule has 0 amide bonds. The molecule has 166 valence electrons. The van der Waals surface area contributed by atoms with Gasteiger partial charge in [0.05, 0.1) is 18.7 Å². The number of nitrogens with one attached hydrogen (secondary N) is 1. The Morgan fingerprint density at radius 2 is 1.58 bits per heavy atom. The second-order valence-electron chi connectivity index (χ2n) is 6.67. The van der Waals surface area contributed by atoms with Crippen molar-refractivity contribution in [2.75, 3.05) is 13.7 Å². The topological polar surface area (TPSA) is 39.7 Å². The van der Waals surface area contributed by atoms with E-state index in [4.69, 9.17) is 37.4 Å². The maximum atomic E-state index is 6.53. The van der Waals surface area contributed by atoms with Gasteiger partial charge in [-0.15, -0.1) is 12.4 Å². The van der Waals surface area contributed by atoms with Gasteiger partial charge in [0, 0.05) is 23.7 Å². The second kappa shape index (κ2) is 12.7. The quantitative estimate of drug-likeness (QED) is 0.349. The molecule has 3 rings (SSSR count). The highest BCUT2D eigenvalue weighted by Crippen LogP contribution is 2.37. The molecule has 0 atom stereocenters. The third kappa shape index (κ3) is 7.22. The number of hydrogen-bond donors (Lipinski definition) is 1. The molecule has 7 heteroatoms. The van der Waals surface area contributed by atoms with Crippen LogP contribution in [-0.2, 0) is 19.7 Å². The second-order valence-corrected chi connectivity index (χ2v) is 7.51. The van der Waals surface area contributed by atoms with Gasteiger partial charge in [-0.25, -0.2) is 0 Å². The Kier molecular flexibility index (Phi) is 10.3. The van der Waals surface area contributed by atoms with Crippen molar-refractivity contribution in [3.05, 3.63) is 87.4 Å². The van der Waals surface area contributed by atoms with Crippen LogP contribution in [0.2, 0.25) is 10.0 Å². The molecule has 3 aromatic carbocycles. The maximum Gasteiger partial charge on any atom is 0.180 e. The monoisotopic (exact) mass is 481 g/mol. The number of hydrogen-bond acceptors (Lipinski definition) is 4. The third-order valence-electron chi connectivity index (χ3n) is 4.50. The van der Waals surface area contributed by atoms with Gasteiger partial charge in [-0.05, 0) is 48.4 Å². The molecule has 0 unspecified atom stereocenters. The Hall–Kier alpha value is -2.11. The van der Waals surface area contributed by atoms with Crippen LogP contribution >= 0.6 is 35.6 Å². The van der Waals surface area contributed by atoms with Crippen LogP contribution in [0.4, 0.5) is 0 Å². The Bertz CT molecular complexity index is 965. The van der Waals surface area contributed by atoms with Crippen molar-refractivity contribution < 1.29 is 14.2 Å². The Morgan fingerprint density at radius 1 is 0.839 bits per heavy atom. The van der Waals surface area contributed by atoms with Crippen LogP contribution in [0, 0.1) is 0 Å². The van der Waals surface area contributed by atoms with Gasteiger partial charge in [-0.3, -0.25) is 0 Å². The van der Waals surface area contributed by atoms with Crippen molar-refractivity contribution >= 4 is 35.6 Å². The standard InChI is InChI=1S/C24H25Cl2NO3.ClH/c1-3-29-23-13-18(14-27-15-19-6-4-5-7-22(19)28-2)12-21(26)24(23)30-16-17-8-10-20(25)11-9-17;/h4-13,27H,3,14-16H2,1-2H3;1H. The summed E-state index contributed by atoms with van der Waals surface area (Å²) in [5.41, 5.74) is 3.11. The highest BCUT2D eigenvalue weighted by Gasteiger charge is 2.13. The molecule has 0 aromatic heterocycles. The zero-order chi connectivity index (χ0) is 21.3. The summed E-state index contributed by atoms with van der Waals surface area (Å²) in [7, 11) is 1.68. The molecule has 31 heavy (non-hydrogen) atoms. The minimum absolute atomic E-state index is 0. The highest BCUT2D eigenvalue weighted by molar-refractivity contribution is 6.32. The molecule has 3 aromatic rings. The summed E-state index contributed by atoms with van der Waals surface area (Å²) < 4.78 is 17.2. The van der Waals surface area contributed by atoms with Crippen molar-refractivity contribution in [1.29, 1.82) is 0 Å². The zero-order valence-electron chi connectivity index (χ0n) is 17.5. The van der Waals surface area contributed by atoms with Gasteiger partial charge in [0.25, 0.3) is 0 Å². The Labute approximate surface area is 199 Å². The van der Waals surface area contributed by atoms with Crippen LogP contribution in [0.15, 0.2) is 60.7 Å². The van der Waals surface area contributed by atoms with E-state index in [2.05, 4.69) is 5.32 Å². The van der Waals surface area contributed by atoms with Crippen LogP contribution in [0.25, 0.3) is 0 Å². The summed E-state index contributed by atoms with van der Waals surface area (Å²) in [4.78, 5) is 0. The smallest absolute Gasteiger partial charge is 0.180 e. The number of para-hydroxylation sites is 1. The third-order valence-corrected chi connectivity index (χ3v) is 5.04. The first-order valence-electron chi connectivity index (χ1n) is 9.75. The Morgan fingerprint density at radius 3 is 2.29 bits per heavy atom. The lowest BCUT2D eigenvalue weighted by Gasteiger charge is -2.16.